The van der Waals surface area contributed by atoms with Gasteiger partial charge in [-0.2, -0.15) is 0 Å². The molecule has 5 heteroatoms. The number of carbonyl (C=O) groups is 2. The van der Waals surface area contributed by atoms with Gasteiger partial charge in [0.15, 0.2) is 0 Å². The molecule has 0 radical (unpaired) electrons. The number of piperidine rings is 2. The van der Waals surface area contributed by atoms with Crippen molar-refractivity contribution in [3.05, 3.63) is 22.4 Å². The summed E-state index contributed by atoms with van der Waals surface area (Å²) >= 11 is 1.71. The molecule has 2 aliphatic rings. The summed E-state index contributed by atoms with van der Waals surface area (Å²) in [5, 5.41) is 5.11. The molecule has 1 N–H and O–H groups in total. The zero-order valence-corrected chi connectivity index (χ0v) is 12.3. The molecule has 0 aromatic carbocycles. The maximum absolute atomic E-state index is 12.3. The highest BCUT2D eigenvalue weighted by Gasteiger charge is 2.34. The third-order valence-corrected chi connectivity index (χ3v) is 5.28. The fourth-order valence-electron chi connectivity index (χ4n) is 3.18. The van der Waals surface area contributed by atoms with Gasteiger partial charge in [-0.3, -0.25) is 9.59 Å². The van der Waals surface area contributed by atoms with E-state index >= 15 is 0 Å². The summed E-state index contributed by atoms with van der Waals surface area (Å²) in [7, 11) is 0. The number of amides is 2. The molecule has 3 rings (SSSR count). The topological polar surface area (TPSA) is 49.4 Å². The van der Waals surface area contributed by atoms with E-state index in [-0.39, 0.29) is 17.9 Å². The first-order valence-corrected chi connectivity index (χ1v) is 8.20. The molecule has 2 atom stereocenters. The molecule has 2 unspecified atom stereocenters. The molecule has 3 heterocycles. The predicted octanol–water partition coefficient (Wildman–Crippen LogP) is 1.81. The number of rotatable bonds is 3. The maximum Gasteiger partial charge on any atom is 0.222 e. The highest BCUT2D eigenvalue weighted by atomic mass is 32.1. The van der Waals surface area contributed by atoms with E-state index in [0.717, 1.165) is 32.4 Å². The maximum atomic E-state index is 12.3. The van der Waals surface area contributed by atoms with Crippen LogP contribution < -0.4 is 5.32 Å². The molecular formula is C15H20N2O2S. The molecule has 20 heavy (non-hydrogen) atoms. The number of nitrogens with zero attached hydrogens (tertiary/aromatic N) is 1. The van der Waals surface area contributed by atoms with Gasteiger partial charge in [0.1, 0.15) is 0 Å². The van der Waals surface area contributed by atoms with Crippen molar-refractivity contribution in [3.8, 4) is 0 Å². The molecule has 2 aliphatic heterocycles. The van der Waals surface area contributed by atoms with Crippen molar-refractivity contribution < 1.29 is 9.59 Å². The summed E-state index contributed by atoms with van der Waals surface area (Å²) in [4.78, 5) is 26.9. The molecule has 0 saturated carbocycles. The summed E-state index contributed by atoms with van der Waals surface area (Å²) in [6.07, 6.45) is 3.88. The van der Waals surface area contributed by atoms with Crippen LogP contribution in [0.5, 0.6) is 0 Å². The molecule has 1 aromatic rings. The minimum Gasteiger partial charge on any atom is -0.353 e. The van der Waals surface area contributed by atoms with Crippen molar-refractivity contribution in [3.63, 3.8) is 0 Å². The summed E-state index contributed by atoms with van der Waals surface area (Å²) < 4.78 is 0. The molecule has 0 aliphatic carbocycles. The average molecular weight is 292 g/mol. The highest BCUT2D eigenvalue weighted by Crippen LogP contribution is 2.26. The van der Waals surface area contributed by atoms with Crippen LogP contribution in [0.15, 0.2) is 17.5 Å². The van der Waals surface area contributed by atoms with Crippen LogP contribution in [-0.2, 0) is 16.0 Å². The van der Waals surface area contributed by atoms with Crippen molar-refractivity contribution in [2.24, 2.45) is 5.92 Å². The van der Waals surface area contributed by atoms with Crippen molar-refractivity contribution >= 4 is 23.2 Å². The molecular weight excluding hydrogens is 272 g/mol. The second kappa shape index (κ2) is 5.95. The Labute approximate surface area is 123 Å². The third-order valence-electron chi connectivity index (χ3n) is 4.34. The van der Waals surface area contributed by atoms with Crippen LogP contribution in [0.4, 0.5) is 0 Å². The first kappa shape index (κ1) is 13.6. The Balaban J connectivity index is 1.51. The number of likely N-dealkylation sites (tertiary alicyclic amines) is 1. The Morgan fingerprint density at radius 2 is 2.35 bits per heavy atom. The second-order valence-corrected chi connectivity index (χ2v) is 6.71. The van der Waals surface area contributed by atoms with E-state index in [1.165, 1.54) is 4.88 Å². The van der Waals surface area contributed by atoms with Gasteiger partial charge in [0.2, 0.25) is 11.8 Å². The van der Waals surface area contributed by atoms with Crippen molar-refractivity contribution in [2.45, 2.75) is 38.1 Å². The number of fused-ring (bicyclic) bond motifs is 1. The Morgan fingerprint density at radius 3 is 3.15 bits per heavy atom. The second-order valence-electron chi connectivity index (χ2n) is 5.68. The van der Waals surface area contributed by atoms with E-state index < -0.39 is 0 Å². The van der Waals surface area contributed by atoms with Crippen LogP contribution in [0, 0.1) is 5.92 Å². The molecule has 2 fully saturated rings. The Kier molecular flexibility index (Phi) is 4.05. The molecule has 0 bridgehead atoms. The lowest BCUT2D eigenvalue weighted by Crippen LogP contribution is -2.55. The van der Waals surface area contributed by atoms with Crippen LogP contribution in [0.25, 0.3) is 0 Å². The molecule has 4 nitrogen and oxygen atoms in total. The van der Waals surface area contributed by atoms with Crippen LogP contribution in [0.2, 0.25) is 0 Å². The largest absolute Gasteiger partial charge is 0.353 e. The van der Waals surface area contributed by atoms with Crippen LogP contribution in [0.1, 0.15) is 30.6 Å². The van der Waals surface area contributed by atoms with Gasteiger partial charge in [0.05, 0.1) is 0 Å². The normalized spacial score (nSPS) is 26.0. The standard InChI is InChI=1S/C15H20N2O2S/c18-14-5-3-11-10-17(8-7-13(11)16-14)15(19)6-4-12-2-1-9-20-12/h1-2,9,11,13H,3-8,10H2,(H,16,18). The van der Waals surface area contributed by atoms with Gasteiger partial charge >= 0.3 is 0 Å². The van der Waals surface area contributed by atoms with Gasteiger partial charge in [-0.25, -0.2) is 0 Å². The first-order valence-electron chi connectivity index (χ1n) is 7.32. The number of aryl methyl sites for hydroxylation is 1. The van der Waals surface area contributed by atoms with E-state index in [4.69, 9.17) is 0 Å². The zero-order chi connectivity index (χ0) is 13.9. The van der Waals surface area contributed by atoms with Crippen LogP contribution in [-0.4, -0.2) is 35.8 Å². The number of hydrogen-bond acceptors (Lipinski definition) is 3. The number of thiophene rings is 1. The molecule has 0 spiro atoms. The van der Waals surface area contributed by atoms with E-state index in [1.54, 1.807) is 11.3 Å². The Hall–Kier alpha value is -1.36. The fraction of sp³-hybridized carbons (Fsp3) is 0.600. The molecule has 2 saturated heterocycles. The van der Waals surface area contributed by atoms with E-state index in [9.17, 15) is 9.59 Å². The monoisotopic (exact) mass is 292 g/mol. The van der Waals surface area contributed by atoms with Gasteiger partial charge in [-0.1, -0.05) is 6.07 Å². The van der Waals surface area contributed by atoms with E-state index in [0.29, 0.717) is 18.8 Å². The van der Waals surface area contributed by atoms with Crippen molar-refractivity contribution in [2.75, 3.05) is 13.1 Å². The van der Waals surface area contributed by atoms with Crippen molar-refractivity contribution in [1.82, 2.24) is 10.2 Å². The van der Waals surface area contributed by atoms with Gasteiger partial charge in [0.25, 0.3) is 0 Å². The lowest BCUT2D eigenvalue weighted by Gasteiger charge is -2.41. The lowest BCUT2D eigenvalue weighted by molar-refractivity contribution is -0.134. The smallest absolute Gasteiger partial charge is 0.222 e. The Morgan fingerprint density at radius 1 is 1.45 bits per heavy atom. The van der Waals surface area contributed by atoms with Crippen molar-refractivity contribution in [1.29, 1.82) is 0 Å². The lowest BCUT2D eigenvalue weighted by atomic mass is 9.85. The summed E-state index contributed by atoms with van der Waals surface area (Å²) in [5.74, 6) is 0.879. The fourth-order valence-corrected chi connectivity index (χ4v) is 3.89. The Bertz CT molecular complexity index is 486. The number of carbonyl (C=O) groups excluding carboxylic acids is 2. The van der Waals surface area contributed by atoms with E-state index in [2.05, 4.69) is 16.8 Å². The molecule has 2 amide bonds. The molecule has 108 valence electrons. The molecule has 1 aromatic heterocycles. The summed E-state index contributed by atoms with van der Waals surface area (Å²) in [6.45, 7) is 1.60. The van der Waals surface area contributed by atoms with Gasteiger partial charge < -0.3 is 10.2 Å². The van der Waals surface area contributed by atoms with E-state index in [1.807, 2.05) is 11.0 Å². The quantitative estimate of drug-likeness (QED) is 0.923. The minimum atomic E-state index is 0.170. The third kappa shape index (κ3) is 3.03. The number of nitrogens with one attached hydrogen (secondary N) is 1. The number of hydrogen-bond donors (Lipinski definition) is 1. The predicted molar refractivity (Wildman–Crippen MR) is 78.5 cm³/mol. The van der Waals surface area contributed by atoms with Crippen LogP contribution in [0.3, 0.4) is 0 Å². The summed E-state index contributed by atoms with van der Waals surface area (Å²) in [5.41, 5.74) is 0. The summed E-state index contributed by atoms with van der Waals surface area (Å²) in [6, 6.07) is 4.40. The first-order chi connectivity index (χ1) is 9.72. The van der Waals surface area contributed by atoms with Gasteiger partial charge in [0, 0.05) is 36.9 Å². The highest BCUT2D eigenvalue weighted by molar-refractivity contribution is 7.09. The van der Waals surface area contributed by atoms with Gasteiger partial charge in [-0.05, 0) is 36.6 Å². The average Bonchev–Trinajstić information content (AvgIpc) is 2.97. The SMILES string of the molecule is O=C1CCC2CN(C(=O)CCc3cccs3)CCC2N1. The minimum absolute atomic E-state index is 0.170. The van der Waals surface area contributed by atoms with Gasteiger partial charge in [-0.15, -0.1) is 11.3 Å². The zero-order valence-electron chi connectivity index (χ0n) is 11.5. The van der Waals surface area contributed by atoms with Crippen LogP contribution >= 0.6 is 11.3 Å².